The third-order valence-electron chi connectivity index (χ3n) is 3.35. The second-order valence-corrected chi connectivity index (χ2v) is 6.05. The molecular weight excluding hydrogens is 260 g/mol. The van der Waals surface area contributed by atoms with Gasteiger partial charge in [-0.3, -0.25) is 0 Å². The van der Waals surface area contributed by atoms with Crippen molar-refractivity contribution >= 4 is 17.3 Å². The molecule has 0 aromatic heterocycles. The van der Waals surface area contributed by atoms with E-state index in [1.807, 2.05) is 19.1 Å². The minimum absolute atomic E-state index is 0.149. The van der Waals surface area contributed by atoms with Crippen molar-refractivity contribution in [3.05, 3.63) is 28.8 Å². The molecule has 0 amide bonds. The second kappa shape index (κ2) is 6.12. The molecule has 1 aromatic carbocycles. The van der Waals surface area contributed by atoms with E-state index in [1.165, 1.54) is 11.3 Å². The van der Waals surface area contributed by atoms with Gasteiger partial charge in [-0.1, -0.05) is 17.7 Å². The molecule has 1 unspecified atom stereocenters. The Bertz CT molecular complexity index is 426. The summed E-state index contributed by atoms with van der Waals surface area (Å²) in [4.78, 5) is 2.36. The fourth-order valence-corrected chi connectivity index (χ4v) is 2.89. The normalized spacial score (nSPS) is 25.4. The van der Waals surface area contributed by atoms with Gasteiger partial charge in [0.1, 0.15) is 0 Å². The fourth-order valence-electron chi connectivity index (χ4n) is 2.73. The Balaban J connectivity index is 2.28. The van der Waals surface area contributed by atoms with Gasteiger partial charge in [-0.2, -0.15) is 0 Å². The van der Waals surface area contributed by atoms with E-state index in [1.54, 1.807) is 0 Å². The molecule has 1 aromatic rings. The Labute approximate surface area is 120 Å². The minimum atomic E-state index is 0.149. The average Bonchev–Trinajstić information content (AvgIpc) is 2.29. The van der Waals surface area contributed by atoms with Crippen LogP contribution in [0.2, 0.25) is 5.02 Å². The lowest BCUT2D eigenvalue weighted by Crippen LogP contribution is -2.46. The number of nitrogens with zero attached hydrogens (tertiary/aromatic N) is 1. The van der Waals surface area contributed by atoms with Gasteiger partial charge in [-0.25, -0.2) is 0 Å². The van der Waals surface area contributed by atoms with E-state index in [0.29, 0.717) is 0 Å². The highest BCUT2D eigenvalue weighted by Crippen LogP contribution is 2.28. The SMILES string of the molecule is CC(N)Cc1ccc(Cl)cc1N1C[C@@H](C)O[C@@H](C)C1. The lowest BCUT2D eigenvalue weighted by atomic mass is 10.0. The van der Waals surface area contributed by atoms with Crippen LogP contribution in [0.4, 0.5) is 5.69 Å². The zero-order valence-electron chi connectivity index (χ0n) is 11.9. The van der Waals surface area contributed by atoms with E-state index in [-0.39, 0.29) is 18.2 Å². The van der Waals surface area contributed by atoms with Crippen molar-refractivity contribution in [1.29, 1.82) is 0 Å². The number of ether oxygens (including phenoxy) is 1. The summed E-state index contributed by atoms with van der Waals surface area (Å²) < 4.78 is 5.79. The topological polar surface area (TPSA) is 38.5 Å². The fraction of sp³-hybridized carbons (Fsp3) is 0.600. The van der Waals surface area contributed by atoms with Crippen LogP contribution in [0.3, 0.4) is 0 Å². The summed E-state index contributed by atoms with van der Waals surface area (Å²) in [6.07, 6.45) is 1.35. The Morgan fingerprint density at radius 3 is 2.58 bits per heavy atom. The van der Waals surface area contributed by atoms with Gasteiger partial charge >= 0.3 is 0 Å². The molecule has 106 valence electrons. The Kier molecular flexibility index (Phi) is 4.71. The van der Waals surface area contributed by atoms with Crippen molar-refractivity contribution < 1.29 is 4.74 Å². The van der Waals surface area contributed by atoms with Crippen LogP contribution in [0.1, 0.15) is 26.3 Å². The summed E-state index contributed by atoms with van der Waals surface area (Å²) in [7, 11) is 0. The molecule has 1 fully saturated rings. The highest BCUT2D eigenvalue weighted by atomic mass is 35.5. The van der Waals surface area contributed by atoms with Gasteiger partial charge in [0.2, 0.25) is 0 Å². The van der Waals surface area contributed by atoms with E-state index in [9.17, 15) is 0 Å². The van der Waals surface area contributed by atoms with Crippen LogP contribution in [0, 0.1) is 0 Å². The summed E-state index contributed by atoms with van der Waals surface area (Å²) in [5.41, 5.74) is 8.40. The summed E-state index contributed by atoms with van der Waals surface area (Å²) in [5.74, 6) is 0. The summed E-state index contributed by atoms with van der Waals surface area (Å²) in [6.45, 7) is 8.05. The van der Waals surface area contributed by atoms with Crippen LogP contribution in [0.5, 0.6) is 0 Å². The van der Waals surface area contributed by atoms with Gasteiger partial charge in [-0.05, 0) is 44.9 Å². The highest BCUT2D eigenvalue weighted by Gasteiger charge is 2.24. The number of anilines is 1. The average molecular weight is 283 g/mol. The zero-order valence-corrected chi connectivity index (χ0v) is 12.7. The van der Waals surface area contributed by atoms with Gasteiger partial charge in [-0.15, -0.1) is 0 Å². The first-order valence-electron chi connectivity index (χ1n) is 6.90. The second-order valence-electron chi connectivity index (χ2n) is 5.62. The number of hydrogen-bond donors (Lipinski definition) is 1. The third-order valence-corrected chi connectivity index (χ3v) is 3.58. The van der Waals surface area contributed by atoms with Gasteiger partial charge in [0.25, 0.3) is 0 Å². The molecule has 0 aliphatic carbocycles. The molecule has 2 N–H and O–H groups in total. The van der Waals surface area contributed by atoms with Crippen molar-refractivity contribution in [2.24, 2.45) is 5.73 Å². The number of morpholine rings is 1. The van der Waals surface area contributed by atoms with Gasteiger partial charge in [0.15, 0.2) is 0 Å². The van der Waals surface area contributed by atoms with E-state index >= 15 is 0 Å². The highest BCUT2D eigenvalue weighted by molar-refractivity contribution is 6.30. The van der Waals surface area contributed by atoms with E-state index in [2.05, 4.69) is 24.8 Å². The molecule has 1 heterocycles. The lowest BCUT2D eigenvalue weighted by molar-refractivity contribution is -0.00526. The van der Waals surface area contributed by atoms with Crippen LogP contribution >= 0.6 is 11.6 Å². The van der Waals surface area contributed by atoms with Crippen molar-refractivity contribution in [2.75, 3.05) is 18.0 Å². The van der Waals surface area contributed by atoms with E-state index < -0.39 is 0 Å². The molecule has 0 radical (unpaired) electrons. The predicted octanol–water partition coefficient (Wildman–Crippen LogP) is 2.84. The number of benzene rings is 1. The molecule has 1 aliphatic heterocycles. The number of halogens is 1. The molecule has 2 rings (SSSR count). The summed E-state index contributed by atoms with van der Waals surface area (Å²) in [6, 6.07) is 6.22. The molecule has 0 saturated carbocycles. The molecule has 4 heteroatoms. The van der Waals surface area contributed by atoms with Crippen LogP contribution in [-0.2, 0) is 11.2 Å². The Morgan fingerprint density at radius 1 is 1.37 bits per heavy atom. The molecule has 0 spiro atoms. The first-order valence-corrected chi connectivity index (χ1v) is 7.28. The van der Waals surface area contributed by atoms with Crippen LogP contribution < -0.4 is 10.6 Å². The summed E-state index contributed by atoms with van der Waals surface area (Å²) >= 11 is 6.16. The summed E-state index contributed by atoms with van der Waals surface area (Å²) in [5, 5.41) is 0.773. The largest absolute Gasteiger partial charge is 0.372 e. The zero-order chi connectivity index (χ0) is 14.0. The van der Waals surface area contributed by atoms with E-state index in [0.717, 1.165) is 24.5 Å². The Morgan fingerprint density at radius 2 is 2.00 bits per heavy atom. The van der Waals surface area contributed by atoms with Gasteiger partial charge in [0.05, 0.1) is 12.2 Å². The third kappa shape index (κ3) is 3.85. The first-order chi connectivity index (χ1) is 8.95. The van der Waals surface area contributed by atoms with Crippen LogP contribution in [0.15, 0.2) is 18.2 Å². The maximum Gasteiger partial charge on any atom is 0.0726 e. The number of rotatable bonds is 3. The van der Waals surface area contributed by atoms with Gasteiger partial charge < -0.3 is 15.4 Å². The Hall–Kier alpha value is -0.770. The molecule has 19 heavy (non-hydrogen) atoms. The quantitative estimate of drug-likeness (QED) is 0.926. The molecule has 1 aliphatic rings. The van der Waals surface area contributed by atoms with Crippen molar-refractivity contribution in [3.63, 3.8) is 0 Å². The molecule has 3 nitrogen and oxygen atoms in total. The first kappa shape index (κ1) is 14.6. The van der Waals surface area contributed by atoms with Crippen molar-refractivity contribution in [3.8, 4) is 0 Å². The van der Waals surface area contributed by atoms with Crippen LogP contribution in [0.25, 0.3) is 0 Å². The lowest BCUT2D eigenvalue weighted by Gasteiger charge is -2.38. The predicted molar refractivity (Wildman–Crippen MR) is 81.0 cm³/mol. The maximum atomic E-state index is 6.16. The smallest absolute Gasteiger partial charge is 0.0726 e. The molecule has 1 saturated heterocycles. The van der Waals surface area contributed by atoms with Crippen LogP contribution in [-0.4, -0.2) is 31.3 Å². The van der Waals surface area contributed by atoms with E-state index in [4.69, 9.17) is 22.1 Å². The molecular formula is C15H23ClN2O. The molecule has 3 atom stereocenters. The minimum Gasteiger partial charge on any atom is -0.372 e. The maximum absolute atomic E-state index is 6.16. The molecule has 0 bridgehead atoms. The van der Waals surface area contributed by atoms with Crippen molar-refractivity contribution in [2.45, 2.75) is 45.4 Å². The van der Waals surface area contributed by atoms with Crippen molar-refractivity contribution in [1.82, 2.24) is 0 Å². The van der Waals surface area contributed by atoms with Gasteiger partial charge in [0, 0.05) is 29.8 Å². The number of hydrogen-bond acceptors (Lipinski definition) is 3. The monoisotopic (exact) mass is 282 g/mol. The number of nitrogens with two attached hydrogens (primary N) is 1. The standard InChI is InChI=1S/C15H23ClN2O/c1-10(17)6-13-4-5-14(16)7-15(13)18-8-11(2)19-12(3)9-18/h4-5,7,10-12H,6,8-9,17H2,1-3H3/t10?,11-,12+.